The molecular weight excluding hydrogens is 504 g/mol. The molecule has 0 bridgehead atoms. The third kappa shape index (κ3) is 5.70. The number of nitrogens with zero attached hydrogens (tertiary/aromatic N) is 6. The fourth-order valence-electron chi connectivity index (χ4n) is 3.30. The first kappa shape index (κ1) is 24.3. The molecule has 188 valence electrons. The van der Waals surface area contributed by atoms with E-state index in [4.69, 9.17) is 9.47 Å². The van der Waals surface area contributed by atoms with E-state index in [1.54, 1.807) is 17.9 Å². The molecule has 4 aromatic rings. The van der Waals surface area contributed by atoms with Crippen molar-refractivity contribution in [3.8, 4) is 40.3 Å². The monoisotopic (exact) mass is 523 g/mol. The van der Waals surface area contributed by atoms with Gasteiger partial charge in [-0.25, -0.2) is 13.8 Å². The van der Waals surface area contributed by atoms with Gasteiger partial charge in [0, 0.05) is 36.4 Å². The van der Waals surface area contributed by atoms with Gasteiger partial charge in [-0.05, 0) is 24.8 Å². The zero-order valence-electron chi connectivity index (χ0n) is 19.6. The Balaban J connectivity index is 1.51. The van der Waals surface area contributed by atoms with Crippen molar-refractivity contribution in [1.82, 2.24) is 29.9 Å². The van der Waals surface area contributed by atoms with Crippen molar-refractivity contribution >= 4 is 22.4 Å². The van der Waals surface area contributed by atoms with Crippen LogP contribution in [0.5, 0.6) is 17.4 Å². The Kier molecular flexibility index (Phi) is 6.74. The van der Waals surface area contributed by atoms with Crippen LogP contribution < -0.4 is 14.8 Å². The van der Waals surface area contributed by atoms with Crippen molar-refractivity contribution in [1.29, 1.82) is 0 Å². The third-order valence-electron chi connectivity index (χ3n) is 5.26. The number of alkyl halides is 2. The van der Waals surface area contributed by atoms with E-state index >= 15 is 0 Å². The zero-order valence-corrected chi connectivity index (χ0v) is 20.4. The van der Waals surface area contributed by atoms with Gasteiger partial charge in [0.1, 0.15) is 11.4 Å². The molecule has 37 heavy (non-hydrogen) atoms. The van der Waals surface area contributed by atoms with Crippen LogP contribution in [0.25, 0.3) is 11.1 Å². The number of anilines is 1. The Morgan fingerprint density at radius 1 is 1.19 bits per heavy atom. The van der Waals surface area contributed by atoms with Gasteiger partial charge >= 0.3 is 0 Å². The second-order valence-electron chi connectivity index (χ2n) is 8.04. The Labute approximate surface area is 213 Å². The molecule has 1 amide bonds. The highest BCUT2D eigenvalue weighted by Crippen LogP contribution is 2.37. The molecule has 13 heteroatoms. The molecule has 10 nitrogen and oxygen atoms in total. The number of hydrogen-bond donors (Lipinski definition) is 1. The number of rotatable bonds is 7. The average Bonchev–Trinajstić information content (AvgIpc) is 3.48. The highest BCUT2D eigenvalue weighted by Gasteiger charge is 2.22. The van der Waals surface area contributed by atoms with Crippen LogP contribution in [-0.2, 0) is 7.05 Å². The maximum absolute atomic E-state index is 13.5. The van der Waals surface area contributed by atoms with Gasteiger partial charge in [-0.1, -0.05) is 17.3 Å². The lowest BCUT2D eigenvalue weighted by atomic mass is 10.00. The predicted octanol–water partition coefficient (Wildman–Crippen LogP) is 4.48. The number of halogens is 2. The minimum atomic E-state index is -2.83. The Hall–Kier alpha value is -4.44. The molecule has 1 N–H and O–H groups in total. The molecule has 0 aliphatic heterocycles. The van der Waals surface area contributed by atoms with E-state index < -0.39 is 18.0 Å². The van der Waals surface area contributed by atoms with Crippen LogP contribution in [0.1, 0.15) is 40.3 Å². The molecule has 0 radical (unpaired) electrons. The van der Waals surface area contributed by atoms with Crippen LogP contribution in [0.4, 0.5) is 13.9 Å². The fraction of sp³-hybridized carbons (Fsp3) is 0.250. The van der Waals surface area contributed by atoms with E-state index in [9.17, 15) is 13.6 Å². The van der Waals surface area contributed by atoms with Crippen molar-refractivity contribution in [3.05, 3.63) is 53.2 Å². The fourth-order valence-corrected chi connectivity index (χ4v) is 3.90. The van der Waals surface area contributed by atoms with Crippen LogP contribution in [0.3, 0.4) is 0 Å². The zero-order chi connectivity index (χ0) is 25.9. The number of nitrogens with one attached hydrogen (secondary N) is 1. The van der Waals surface area contributed by atoms with Gasteiger partial charge in [0.25, 0.3) is 12.3 Å². The molecule has 0 unspecified atom stereocenters. The molecule has 4 aromatic heterocycles. The number of amides is 1. The molecule has 1 fully saturated rings. The molecule has 1 aliphatic carbocycles. The molecule has 0 atom stereocenters. The Bertz CT molecular complexity index is 1520. The van der Waals surface area contributed by atoms with Crippen molar-refractivity contribution in [2.24, 2.45) is 13.0 Å². The van der Waals surface area contributed by atoms with E-state index in [0.29, 0.717) is 16.7 Å². The lowest BCUT2D eigenvalue weighted by molar-refractivity contribution is 0.102. The van der Waals surface area contributed by atoms with Crippen molar-refractivity contribution in [2.45, 2.75) is 19.3 Å². The lowest BCUT2D eigenvalue weighted by Crippen LogP contribution is -2.14. The lowest BCUT2D eigenvalue weighted by Gasteiger charge is -2.14. The molecule has 1 aliphatic rings. The Morgan fingerprint density at radius 2 is 2.03 bits per heavy atom. The molecular formula is C24H19F2N7O3S. The SMILES string of the molecule is COc1cnc(C(F)F)cc1-c1cc(Oc2cnn(C)c2)ncc1C(=O)Nc1nnc(C#CC2CC2)s1. The number of methoxy groups -OCH3 is 1. The number of aryl methyl sites for hydroxylation is 1. The number of aromatic nitrogens is 6. The summed E-state index contributed by atoms with van der Waals surface area (Å²) >= 11 is 1.13. The van der Waals surface area contributed by atoms with Gasteiger partial charge in [-0.15, -0.1) is 10.2 Å². The van der Waals surface area contributed by atoms with Crippen molar-refractivity contribution < 1.29 is 23.0 Å². The second-order valence-corrected chi connectivity index (χ2v) is 9.02. The maximum atomic E-state index is 13.5. The minimum Gasteiger partial charge on any atom is -0.494 e. The molecule has 0 aromatic carbocycles. The summed E-state index contributed by atoms with van der Waals surface area (Å²) in [5, 5.41) is 15.4. The van der Waals surface area contributed by atoms with Gasteiger partial charge in [0.15, 0.2) is 10.8 Å². The molecule has 4 heterocycles. The number of carbonyl (C=O) groups excluding carboxylic acids is 1. The summed E-state index contributed by atoms with van der Waals surface area (Å²) in [5.74, 6) is 6.57. The normalized spacial score (nSPS) is 12.7. The summed E-state index contributed by atoms with van der Waals surface area (Å²) in [5.41, 5.74) is 0.0520. The van der Waals surface area contributed by atoms with E-state index in [0.717, 1.165) is 24.2 Å². The minimum absolute atomic E-state index is 0.0732. The first-order valence-corrected chi connectivity index (χ1v) is 11.9. The number of hydrogen-bond acceptors (Lipinski definition) is 9. The van der Waals surface area contributed by atoms with E-state index in [1.807, 2.05) is 0 Å². The topological polar surface area (TPSA) is 117 Å². The van der Waals surface area contributed by atoms with Crippen LogP contribution in [0.2, 0.25) is 0 Å². The number of pyridine rings is 2. The summed E-state index contributed by atoms with van der Waals surface area (Å²) in [6.07, 6.45) is 4.91. The summed E-state index contributed by atoms with van der Waals surface area (Å²) in [6.45, 7) is 0. The largest absolute Gasteiger partial charge is 0.494 e. The summed E-state index contributed by atoms with van der Waals surface area (Å²) in [4.78, 5) is 21.2. The van der Waals surface area contributed by atoms with Crippen LogP contribution in [0.15, 0.2) is 36.9 Å². The summed E-state index contributed by atoms with van der Waals surface area (Å²) in [6, 6.07) is 2.63. The number of ether oxygens (including phenoxy) is 2. The van der Waals surface area contributed by atoms with E-state index in [1.165, 1.54) is 37.8 Å². The average molecular weight is 524 g/mol. The van der Waals surface area contributed by atoms with Crippen LogP contribution >= 0.6 is 11.3 Å². The van der Waals surface area contributed by atoms with Gasteiger partial charge in [-0.3, -0.25) is 19.8 Å². The first-order valence-electron chi connectivity index (χ1n) is 11.0. The van der Waals surface area contributed by atoms with Gasteiger partial charge in [0.05, 0.1) is 31.3 Å². The maximum Gasteiger partial charge on any atom is 0.280 e. The molecule has 5 rings (SSSR count). The van der Waals surface area contributed by atoms with E-state index in [2.05, 4.69) is 42.4 Å². The summed E-state index contributed by atoms with van der Waals surface area (Å²) < 4.78 is 39.6. The van der Waals surface area contributed by atoms with Crippen molar-refractivity contribution in [2.75, 3.05) is 12.4 Å². The van der Waals surface area contributed by atoms with E-state index in [-0.39, 0.29) is 33.5 Å². The smallest absolute Gasteiger partial charge is 0.280 e. The van der Waals surface area contributed by atoms with Crippen LogP contribution in [0, 0.1) is 17.8 Å². The number of carbonyl (C=O) groups is 1. The van der Waals surface area contributed by atoms with Gasteiger partial charge < -0.3 is 9.47 Å². The standard InChI is InChI=1S/C24H19F2N7O3S/c1-33-12-14(9-29-33)36-20-8-15(16-7-18(22(25)26)27-11-19(16)35-2)17(10-28-20)23(34)30-24-32-31-21(37-24)6-5-13-3-4-13/h7-13,22H,3-4H2,1-2H3,(H,30,32,34). The highest BCUT2D eigenvalue weighted by molar-refractivity contribution is 7.15. The molecule has 1 saturated carbocycles. The molecule has 0 spiro atoms. The summed E-state index contributed by atoms with van der Waals surface area (Å²) in [7, 11) is 3.10. The van der Waals surface area contributed by atoms with Gasteiger partial charge in [-0.2, -0.15) is 5.10 Å². The third-order valence-corrected chi connectivity index (χ3v) is 6.01. The van der Waals surface area contributed by atoms with Gasteiger partial charge in [0.2, 0.25) is 11.0 Å². The highest BCUT2D eigenvalue weighted by atomic mass is 32.1. The molecule has 0 saturated heterocycles. The van der Waals surface area contributed by atoms with Crippen LogP contribution in [-0.4, -0.2) is 43.0 Å². The quantitative estimate of drug-likeness (QED) is 0.353. The second kappa shape index (κ2) is 10.3. The van der Waals surface area contributed by atoms with Crippen molar-refractivity contribution in [3.63, 3.8) is 0 Å². The predicted molar refractivity (Wildman–Crippen MR) is 130 cm³/mol. The Morgan fingerprint density at radius 3 is 2.73 bits per heavy atom. The first-order chi connectivity index (χ1) is 17.9.